The van der Waals surface area contributed by atoms with E-state index in [0.717, 1.165) is 4.90 Å². The van der Waals surface area contributed by atoms with Crippen LogP contribution < -0.4 is 0 Å². The van der Waals surface area contributed by atoms with Gasteiger partial charge < -0.3 is 4.90 Å². The third kappa shape index (κ3) is 3.07. The van der Waals surface area contributed by atoms with Gasteiger partial charge >= 0.3 is 0 Å². The second-order valence-corrected chi connectivity index (χ2v) is 4.72. The van der Waals surface area contributed by atoms with E-state index in [2.05, 4.69) is 0 Å². The molecule has 0 radical (unpaired) electrons. The molecule has 0 aromatic heterocycles. The molecular weight excluding hydrogens is 194 g/mol. The van der Waals surface area contributed by atoms with Crippen LogP contribution >= 0.6 is 11.8 Å². The smallest absolute Gasteiger partial charge is 0.235 e. The zero-order valence-electron chi connectivity index (χ0n) is 8.73. The summed E-state index contributed by atoms with van der Waals surface area (Å²) in [6.07, 6.45) is 0. The van der Waals surface area contributed by atoms with Crippen LogP contribution in [0, 0.1) is 0 Å². The summed E-state index contributed by atoms with van der Waals surface area (Å²) in [6, 6.07) is 9.97. The Morgan fingerprint density at radius 1 is 1.29 bits per heavy atom. The first kappa shape index (κ1) is 11.1. The van der Waals surface area contributed by atoms with Crippen molar-refractivity contribution in [2.75, 3.05) is 14.1 Å². The summed E-state index contributed by atoms with van der Waals surface area (Å²) in [5.41, 5.74) is 0. The quantitative estimate of drug-likeness (QED) is 0.712. The van der Waals surface area contributed by atoms with E-state index in [0.29, 0.717) is 0 Å². The predicted molar refractivity (Wildman–Crippen MR) is 60.5 cm³/mol. The van der Waals surface area contributed by atoms with Crippen LogP contribution in [0.2, 0.25) is 0 Å². The van der Waals surface area contributed by atoms with E-state index < -0.39 is 0 Å². The van der Waals surface area contributed by atoms with Gasteiger partial charge in [0.2, 0.25) is 5.91 Å². The van der Waals surface area contributed by atoms with Gasteiger partial charge in [0.25, 0.3) is 0 Å². The highest BCUT2D eigenvalue weighted by Gasteiger charge is 2.15. The number of rotatable bonds is 3. The molecule has 0 spiro atoms. The number of nitrogens with zero attached hydrogens (tertiary/aromatic N) is 1. The first-order valence-corrected chi connectivity index (χ1v) is 5.42. The Morgan fingerprint density at radius 2 is 1.86 bits per heavy atom. The van der Waals surface area contributed by atoms with Crippen molar-refractivity contribution in [2.24, 2.45) is 0 Å². The van der Waals surface area contributed by atoms with Crippen molar-refractivity contribution in [1.82, 2.24) is 4.90 Å². The second kappa shape index (κ2) is 5.05. The van der Waals surface area contributed by atoms with Gasteiger partial charge in [-0.1, -0.05) is 18.2 Å². The fraction of sp³-hybridized carbons (Fsp3) is 0.364. The summed E-state index contributed by atoms with van der Waals surface area (Å²) in [5.74, 6) is 0.152. The van der Waals surface area contributed by atoms with Crippen LogP contribution in [0.4, 0.5) is 0 Å². The zero-order valence-corrected chi connectivity index (χ0v) is 9.54. The number of carbonyl (C=O) groups excluding carboxylic acids is 1. The normalized spacial score (nSPS) is 12.2. The largest absolute Gasteiger partial charge is 0.348 e. The van der Waals surface area contributed by atoms with Crippen molar-refractivity contribution in [3.05, 3.63) is 30.3 Å². The Kier molecular flexibility index (Phi) is 4.01. The van der Waals surface area contributed by atoms with Gasteiger partial charge in [-0.05, 0) is 19.1 Å². The molecule has 76 valence electrons. The predicted octanol–water partition coefficient (Wildman–Crippen LogP) is 2.26. The van der Waals surface area contributed by atoms with Crippen LogP contribution in [0.5, 0.6) is 0 Å². The summed E-state index contributed by atoms with van der Waals surface area (Å²) in [4.78, 5) is 14.3. The van der Waals surface area contributed by atoms with Crippen molar-refractivity contribution in [2.45, 2.75) is 17.1 Å². The minimum atomic E-state index is -0.0209. The van der Waals surface area contributed by atoms with Crippen LogP contribution in [0.15, 0.2) is 35.2 Å². The molecule has 1 amide bonds. The number of amides is 1. The van der Waals surface area contributed by atoms with E-state index in [-0.39, 0.29) is 11.2 Å². The highest BCUT2D eigenvalue weighted by Crippen LogP contribution is 2.23. The maximum atomic E-state index is 11.6. The molecule has 0 fully saturated rings. The number of hydrogen-bond acceptors (Lipinski definition) is 2. The third-order valence-electron chi connectivity index (χ3n) is 1.84. The molecule has 1 atom stereocenters. The Morgan fingerprint density at radius 3 is 2.36 bits per heavy atom. The van der Waals surface area contributed by atoms with Gasteiger partial charge in [0, 0.05) is 19.0 Å². The van der Waals surface area contributed by atoms with Gasteiger partial charge in [0.15, 0.2) is 0 Å². The molecule has 0 aliphatic heterocycles. The van der Waals surface area contributed by atoms with Crippen LogP contribution in [-0.2, 0) is 4.79 Å². The van der Waals surface area contributed by atoms with Crippen molar-refractivity contribution >= 4 is 17.7 Å². The van der Waals surface area contributed by atoms with E-state index >= 15 is 0 Å². The maximum absolute atomic E-state index is 11.6. The standard InChI is InChI=1S/C11H15NOS/c1-9(11(13)12(2)3)14-10-7-5-4-6-8-10/h4-9H,1-3H3/t9-/m0/s1. The fourth-order valence-corrected chi connectivity index (χ4v) is 2.15. The summed E-state index contributed by atoms with van der Waals surface area (Å²) in [6.45, 7) is 1.93. The van der Waals surface area contributed by atoms with Gasteiger partial charge in [-0.3, -0.25) is 4.79 Å². The molecule has 3 heteroatoms. The van der Waals surface area contributed by atoms with Crippen LogP contribution in [0.25, 0.3) is 0 Å². The monoisotopic (exact) mass is 209 g/mol. The van der Waals surface area contributed by atoms with E-state index in [1.54, 1.807) is 30.8 Å². The van der Waals surface area contributed by atoms with E-state index in [4.69, 9.17) is 0 Å². The van der Waals surface area contributed by atoms with Gasteiger partial charge in [0.1, 0.15) is 0 Å². The van der Waals surface area contributed by atoms with Crippen LogP contribution in [0.3, 0.4) is 0 Å². The molecule has 1 aromatic carbocycles. The molecule has 0 heterocycles. The average Bonchev–Trinajstić information content (AvgIpc) is 2.18. The number of hydrogen-bond donors (Lipinski definition) is 0. The molecule has 0 bridgehead atoms. The van der Waals surface area contributed by atoms with E-state index in [1.807, 2.05) is 37.3 Å². The van der Waals surface area contributed by atoms with Crippen molar-refractivity contribution in [1.29, 1.82) is 0 Å². The highest BCUT2D eigenvalue weighted by atomic mass is 32.2. The summed E-state index contributed by atoms with van der Waals surface area (Å²) in [7, 11) is 3.56. The SMILES string of the molecule is C[C@H](Sc1ccccc1)C(=O)N(C)C. The lowest BCUT2D eigenvalue weighted by Gasteiger charge is -2.16. The number of benzene rings is 1. The lowest BCUT2D eigenvalue weighted by atomic mass is 10.4. The van der Waals surface area contributed by atoms with Gasteiger partial charge in [-0.25, -0.2) is 0 Å². The number of thioether (sulfide) groups is 1. The molecule has 0 saturated carbocycles. The molecule has 0 unspecified atom stereocenters. The first-order valence-electron chi connectivity index (χ1n) is 4.54. The molecular formula is C11H15NOS. The first-order chi connectivity index (χ1) is 6.61. The van der Waals surface area contributed by atoms with Crippen LogP contribution in [0.1, 0.15) is 6.92 Å². The van der Waals surface area contributed by atoms with E-state index in [1.165, 1.54) is 0 Å². The summed E-state index contributed by atoms with van der Waals surface area (Å²) in [5, 5.41) is -0.0209. The fourth-order valence-electron chi connectivity index (χ4n) is 1.12. The zero-order chi connectivity index (χ0) is 10.6. The molecule has 0 N–H and O–H groups in total. The van der Waals surface area contributed by atoms with Gasteiger partial charge in [-0.15, -0.1) is 11.8 Å². The van der Waals surface area contributed by atoms with E-state index in [9.17, 15) is 4.79 Å². The molecule has 2 nitrogen and oxygen atoms in total. The molecule has 0 aliphatic carbocycles. The Bertz CT molecular complexity index is 297. The molecule has 0 saturated heterocycles. The Balaban J connectivity index is 2.57. The second-order valence-electron chi connectivity index (χ2n) is 3.31. The summed E-state index contributed by atoms with van der Waals surface area (Å²) < 4.78 is 0. The molecule has 14 heavy (non-hydrogen) atoms. The van der Waals surface area contributed by atoms with Crippen molar-refractivity contribution in [3.8, 4) is 0 Å². The maximum Gasteiger partial charge on any atom is 0.235 e. The minimum Gasteiger partial charge on any atom is -0.348 e. The van der Waals surface area contributed by atoms with Crippen LogP contribution in [-0.4, -0.2) is 30.2 Å². The Hall–Kier alpha value is -0.960. The van der Waals surface area contributed by atoms with Gasteiger partial charge in [0.05, 0.1) is 5.25 Å². The summed E-state index contributed by atoms with van der Waals surface area (Å²) >= 11 is 1.59. The minimum absolute atomic E-state index is 0.0209. The van der Waals surface area contributed by atoms with Crippen molar-refractivity contribution in [3.63, 3.8) is 0 Å². The lowest BCUT2D eigenvalue weighted by molar-refractivity contribution is -0.127. The average molecular weight is 209 g/mol. The highest BCUT2D eigenvalue weighted by molar-refractivity contribution is 8.00. The van der Waals surface area contributed by atoms with Crippen molar-refractivity contribution < 1.29 is 4.79 Å². The topological polar surface area (TPSA) is 20.3 Å². The molecule has 1 rings (SSSR count). The number of carbonyl (C=O) groups is 1. The van der Waals surface area contributed by atoms with Gasteiger partial charge in [-0.2, -0.15) is 0 Å². The Labute approximate surface area is 89.3 Å². The lowest BCUT2D eigenvalue weighted by Crippen LogP contribution is -2.29. The third-order valence-corrected chi connectivity index (χ3v) is 2.94. The molecule has 0 aliphatic rings. The molecule has 1 aromatic rings.